The van der Waals surface area contributed by atoms with Crippen molar-refractivity contribution in [3.8, 4) is 19.5 Å². The zero-order valence-corrected chi connectivity index (χ0v) is 25.7. The topological polar surface area (TPSA) is 68.3 Å². The van der Waals surface area contributed by atoms with E-state index >= 15 is 0 Å². The van der Waals surface area contributed by atoms with Gasteiger partial charge in [-0.1, -0.05) is 48.5 Å². The van der Waals surface area contributed by atoms with Gasteiger partial charge in [-0.3, -0.25) is 19.2 Å². The summed E-state index contributed by atoms with van der Waals surface area (Å²) >= 11 is 6.59. The number of benzene rings is 2. The number of ketones is 4. The van der Waals surface area contributed by atoms with Crippen molar-refractivity contribution >= 4 is 90.0 Å². The van der Waals surface area contributed by atoms with Crippen molar-refractivity contribution < 1.29 is 19.2 Å². The fourth-order valence-electron chi connectivity index (χ4n) is 5.55. The minimum absolute atomic E-state index is 0.211. The predicted molar refractivity (Wildman–Crippen MR) is 177 cm³/mol. The number of carbonyl (C=O) groups excluding carboxylic acids is 4. The standard InChI is InChI=1S/C35H18O4S4/c1-17-12-19(14-25-33(38)22-8-4-5-9-23(22)34(25)39)41-35(17)30-16-29-28(43-30)15-27(42-29)26-11-10-18(40-26)13-24-31(36)20-6-2-3-7-21(20)32(24)37/h2-16H,1H3. The van der Waals surface area contributed by atoms with Gasteiger partial charge in [0.1, 0.15) is 0 Å². The first-order valence-corrected chi connectivity index (χ1v) is 16.7. The van der Waals surface area contributed by atoms with Gasteiger partial charge in [-0.2, -0.15) is 0 Å². The van der Waals surface area contributed by atoms with Crippen LogP contribution in [0.1, 0.15) is 56.7 Å². The Labute approximate surface area is 261 Å². The van der Waals surface area contributed by atoms with Crippen LogP contribution in [0.15, 0.2) is 90.0 Å². The van der Waals surface area contributed by atoms with Gasteiger partial charge in [-0.25, -0.2) is 0 Å². The summed E-state index contributed by atoms with van der Waals surface area (Å²) in [6.07, 6.45) is 3.44. The fourth-order valence-corrected chi connectivity index (χ4v) is 10.3. The molecule has 0 aliphatic heterocycles. The average molecular weight is 631 g/mol. The Balaban J connectivity index is 1.05. The van der Waals surface area contributed by atoms with Gasteiger partial charge in [0.05, 0.1) is 11.1 Å². The number of rotatable bonds is 4. The summed E-state index contributed by atoms with van der Waals surface area (Å²) in [5.41, 5.74) is 3.45. The highest BCUT2D eigenvalue weighted by Crippen LogP contribution is 2.46. The molecule has 0 amide bonds. The second-order valence-corrected chi connectivity index (χ2v) is 14.7. The van der Waals surface area contributed by atoms with Gasteiger partial charge >= 0.3 is 0 Å². The molecule has 8 rings (SSSR count). The fraction of sp³-hybridized carbons (Fsp3) is 0.0286. The van der Waals surface area contributed by atoms with Crippen molar-refractivity contribution in [1.29, 1.82) is 0 Å². The van der Waals surface area contributed by atoms with Crippen molar-refractivity contribution in [2.45, 2.75) is 6.92 Å². The third-order valence-electron chi connectivity index (χ3n) is 7.62. The molecule has 206 valence electrons. The lowest BCUT2D eigenvalue weighted by Crippen LogP contribution is -1.99. The van der Waals surface area contributed by atoms with E-state index in [2.05, 4.69) is 19.1 Å². The normalized spacial score (nSPS) is 14.3. The Morgan fingerprint density at radius 3 is 1.53 bits per heavy atom. The first kappa shape index (κ1) is 26.3. The molecule has 8 heteroatoms. The van der Waals surface area contributed by atoms with E-state index in [1.165, 1.54) is 9.40 Å². The van der Waals surface area contributed by atoms with Crippen LogP contribution in [0.3, 0.4) is 0 Å². The monoisotopic (exact) mass is 630 g/mol. The molecule has 6 aromatic rings. The molecule has 4 nitrogen and oxygen atoms in total. The van der Waals surface area contributed by atoms with E-state index in [-0.39, 0.29) is 34.3 Å². The Kier molecular flexibility index (Phi) is 6.03. The van der Waals surface area contributed by atoms with Crippen molar-refractivity contribution in [3.63, 3.8) is 0 Å². The Bertz CT molecular complexity index is 2170. The lowest BCUT2D eigenvalue weighted by molar-refractivity contribution is 0.0975. The molecule has 2 aromatic carbocycles. The molecule has 43 heavy (non-hydrogen) atoms. The van der Waals surface area contributed by atoms with Gasteiger partial charge in [0.2, 0.25) is 0 Å². The minimum atomic E-state index is -0.213. The minimum Gasteiger partial charge on any atom is -0.288 e. The molecule has 4 heterocycles. The third-order valence-corrected chi connectivity index (χ3v) is 12.5. The molecule has 2 aliphatic rings. The second kappa shape index (κ2) is 9.86. The highest BCUT2D eigenvalue weighted by molar-refractivity contribution is 7.33. The molecule has 0 atom stereocenters. The van der Waals surface area contributed by atoms with Gasteiger partial charge in [0, 0.05) is 60.9 Å². The van der Waals surface area contributed by atoms with Crippen LogP contribution < -0.4 is 0 Å². The van der Waals surface area contributed by atoms with E-state index in [0.717, 1.165) is 34.8 Å². The number of allylic oxidation sites excluding steroid dienone is 2. The first-order chi connectivity index (χ1) is 20.9. The molecule has 0 bridgehead atoms. The van der Waals surface area contributed by atoms with Crippen LogP contribution in [0, 0.1) is 6.92 Å². The zero-order valence-electron chi connectivity index (χ0n) is 22.4. The van der Waals surface area contributed by atoms with Gasteiger partial charge in [0.15, 0.2) is 23.1 Å². The maximum absolute atomic E-state index is 12.9. The van der Waals surface area contributed by atoms with Crippen molar-refractivity contribution in [1.82, 2.24) is 0 Å². The Morgan fingerprint density at radius 1 is 0.488 bits per heavy atom. The van der Waals surface area contributed by atoms with Crippen molar-refractivity contribution in [2.24, 2.45) is 0 Å². The summed E-state index contributed by atoms with van der Waals surface area (Å²) in [7, 11) is 0. The van der Waals surface area contributed by atoms with Crippen LogP contribution in [0.4, 0.5) is 0 Å². The summed E-state index contributed by atoms with van der Waals surface area (Å²) in [6.45, 7) is 2.06. The van der Waals surface area contributed by atoms with Gasteiger partial charge in [0.25, 0.3) is 0 Å². The summed E-state index contributed by atoms with van der Waals surface area (Å²) < 4.78 is 2.37. The average Bonchev–Trinajstić information content (AvgIpc) is 3.85. The molecule has 0 radical (unpaired) electrons. The molecular formula is C35H18O4S4. The van der Waals surface area contributed by atoms with Crippen LogP contribution in [-0.4, -0.2) is 23.1 Å². The number of thiophene rings is 4. The second-order valence-electron chi connectivity index (χ2n) is 10.3. The number of hydrogen-bond donors (Lipinski definition) is 0. The maximum Gasteiger partial charge on any atom is 0.197 e. The molecule has 0 unspecified atom stereocenters. The van der Waals surface area contributed by atoms with E-state index in [0.29, 0.717) is 22.3 Å². The first-order valence-electron chi connectivity index (χ1n) is 13.4. The van der Waals surface area contributed by atoms with E-state index in [1.807, 2.05) is 18.2 Å². The Hall–Kier alpha value is -4.34. The predicted octanol–water partition coefficient (Wildman–Crippen LogP) is 9.65. The quantitative estimate of drug-likeness (QED) is 0.144. The zero-order chi connectivity index (χ0) is 29.4. The molecular weight excluding hydrogens is 613 g/mol. The van der Waals surface area contributed by atoms with Crippen LogP contribution in [0.5, 0.6) is 0 Å². The van der Waals surface area contributed by atoms with Crippen LogP contribution in [0.2, 0.25) is 0 Å². The van der Waals surface area contributed by atoms with E-state index in [4.69, 9.17) is 0 Å². The molecule has 0 saturated carbocycles. The molecule has 0 fully saturated rings. The van der Waals surface area contributed by atoms with E-state index in [9.17, 15) is 19.2 Å². The number of fused-ring (bicyclic) bond motifs is 3. The summed E-state index contributed by atoms with van der Waals surface area (Å²) in [4.78, 5) is 57.6. The van der Waals surface area contributed by atoms with Crippen LogP contribution >= 0.6 is 45.3 Å². The summed E-state index contributed by atoms with van der Waals surface area (Å²) in [5, 5.41) is 0. The van der Waals surface area contributed by atoms with E-state index in [1.54, 1.807) is 106 Å². The van der Waals surface area contributed by atoms with Crippen molar-refractivity contribution in [2.75, 3.05) is 0 Å². The number of Topliss-reactive ketones (excluding diaryl/α,β-unsaturated/α-hetero) is 4. The highest BCUT2D eigenvalue weighted by atomic mass is 32.1. The lowest BCUT2D eigenvalue weighted by atomic mass is 10.1. The molecule has 4 aromatic heterocycles. The number of carbonyl (C=O) groups is 4. The Morgan fingerprint density at radius 2 is 0.977 bits per heavy atom. The molecule has 0 saturated heterocycles. The molecule has 2 aliphatic carbocycles. The van der Waals surface area contributed by atoms with Gasteiger partial charge in [-0.05, 0) is 55.0 Å². The van der Waals surface area contributed by atoms with Gasteiger partial charge < -0.3 is 0 Å². The summed E-state index contributed by atoms with van der Waals surface area (Å²) in [5.74, 6) is -0.849. The van der Waals surface area contributed by atoms with Crippen LogP contribution in [-0.2, 0) is 0 Å². The number of aryl methyl sites for hydroxylation is 1. The van der Waals surface area contributed by atoms with Gasteiger partial charge in [-0.15, -0.1) is 45.3 Å². The number of hydrogen-bond acceptors (Lipinski definition) is 8. The largest absolute Gasteiger partial charge is 0.288 e. The smallest absolute Gasteiger partial charge is 0.197 e. The molecule has 0 spiro atoms. The molecule has 0 N–H and O–H groups in total. The van der Waals surface area contributed by atoms with Crippen LogP contribution in [0.25, 0.3) is 41.1 Å². The third kappa shape index (κ3) is 4.21. The maximum atomic E-state index is 12.9. The summed E-state index contributed by atoms with van der Waals surface area (Å²) in [6, 6.07) is 24.4. The SMILES string of the molecule is Cc1cc(C=C2C(=O)c3ccccc3C2=O)sc1-c1cc2sc(-c3ccc(C=C4C(=O)c5ccccc5C4=O)s3)cc2s1. The lowest BCUT2D eigenvalue weighted by Gasteiger charge is -1.94. The van der Waals surface area contributed by atoms with E-state index < -0.39 is 0 Å². The highest BCUT2D eigenvalue weighted by Gasteiger charge is 2.33. The van der Waals surface area contributed by atoms with Crippen molar-refractivity contribution in [3.05, 3.63) is 128 Å².